The zero-order valence-electron chi connectivity index (χ0n) is 14.6. The third-order valence-electron chi connectivity index (χ3n) is 4.48. The first-order valence-electron chi connectivity index (χ1n) is 8.70. The van der Waals surface area contributed by atoms with Crippen LogP contribution in [0.2, 0.25) is 0 Å². The minimum Gasteiger partial charge on any atom is -0.376 e. The first kappa shape index (κ1) is 17.4. The van der Waals surface area contributed by atoms with Crippen molar-refractivity contribution >= 4 is 34.1 Å². The van der Waals surface area contributed by atoms with Crippen molar-refractivity contribution in [3.63, 3.8) is 0 Å². The van der Waals surface area contributed by atoms with Crippen LogP contribution in [0.25, 0.3) is 10.6 Å². The monoisotopic (exact) mass is 384 g/mol. The van der Waals surface area contributed by atoms with Crippen LogP contribution in [-0.4, -0.2) is 23.1 Å². The van der Waals surface area contributed by atoms with E-state index < -0.39 is 0 Å². The molecule has 4 rings (SSSR count). The normalized spacial score (nSPS) is 17.7. The molecule has 0 unspecified atom stereocenters. The first-order chi connectivity index (χ1) is 12.7. The Balaban J connectivity index is 1.73. The van der Waals surface area contributed by atoms with Gasteiger partial charge in [-0.05, 0) is 55.5 Å². The molecule has 1 atom stereocenters. The molecule has 1 aliphatic heterocycles. The summed E-state index contributed by atoms with van der Waals surface area (Å²) in [6.07, 6.45) is 2.48. The number of hydrogen-bond donors (Lipinski definition) is 0. The fraction of sp³-hybridized carbons (Fsp3) is 0.300. The van der Waals surface area contributed by atoms with Crippen molar-refractivity contribution in [2.24, 2.45) is 4.99 Å². The van der Waals surface area contributed by atoms with Crippen LogP contribution in [0.15, 0.2) is 52.2 Å². The van der Waals surface area contributed by atoms with E-state index in [4.69, 9.17) is 9.73 Å². The maximum atomic E-state index is 11.5. The first-order valence-corrected chi connectivity index (χ1v) is 10.5. The largest absolute Gasteiger partial charge is 0.376 e. The zero-order valence-corrected chi connectivity index (χ0v) is 16.2. The minimum atomic E-state index is 0.0705. The Morgan fingerprint density at radius 2 is 2.12 bits per heavy atom. The number of thiazole rings is 1. The molecule has 4 nitrogen and oxygen atoms in total. The third kappa shape index (κ3) is 3.72. The second-order valence-corrected chi connectivity index (χ2v) is 8.13. The summed E-state index contributed by atoms with van der Waals surface area (Å²) in [7, 11) is 0. The number of thiophene rings is 1. The van der Waals surface area contributed by atoms with Gasteiger partial charge in [-0.15, -0.1) is 22.7 Å². The van der Waals surface area contributed by atoms with Crippen LogP contribution in [0.3, 0.4) is 0 Å². The maximum Gasteiger partial charge on any atom is 0.190 e. The molecule has 0 radical (unpaired) electrons. The summed E-state index contributed by atoms with van der Waals surface area (Å²) < 4.78 is 8.12. The number of ether oxygens (including phenoxy) is 1. The number of hydrogen-bond acceptors (Lipinski definition) is 5. The van der Waals surface area contributed by atoms with Gasteiger partial charge in [0, 0.05) is 17.6 Å². The van der Waals surface area contributed by atoms with Crippen molar-refractivity contribution in [3.05, 3.63) is 57.5 Å². The maximum absolute atomic E-state index is 11.5. The van der Waals surface area contributed by atoms with Gasteiger partial charge in [0.1, 0.15) is 0 Å². The number of aromatic nitrogens is 1. The van der Waals surface area contributed by atoms with Gasteiger partial charge in [-0.1, -0.05) is 6.07 Å². The van der Waals surface area contributed by atoms with Gasteiger partial charge in [-0.25, -0.2) is 4.99 Å². The molecule has 1 aliphatic rings. The Kier molecular flexibility index (Phi) is 5.15. The molecule has 0 N–H and O–H groups in total. The van der Waals surface area contributed by atoms with Gasteiger partial charge in [0.2, 0.25) is 0 Å². The SMILES string of the molecule is CC(=O)c1ccc(N=c2scc(-c3cccs3)n2C[C@@H]2CCCO2)cc1. The predicted molar refractivity (Wildman–Crippen MR) is 106 cm³/mol. The van der Waals surface area contributed by atoms with E-state index in [9.17, 15) is 4.79 Å². The number of carbonyl (C=O) groups is 1. The highest BCUT2D eigenvalue weighted by Gasteiger charge is 2.19. The standard InChI is InChI=1S/C20H20N2O2S2/c1-14(23)15-6-8-16(9-7-15)21-20-22(12-17-4-2-10-24-17)18(13-26-20)19-5-3-11-25-19/h3,5-9,11,13,17H,2,4,10,12H2,1H3/t17-/m0/s1. The highest BCUT2D eigenvalue weighted by Crippen LogP contribution is 2.27. The lowest BCUT2D eigenvalue weighted by Crippen LogP contribution is -2.23. The molecule has 3 heterocycles. The molecular formula is C20H20N2O2S2. The number of rotatable bonds is 5. The quantitative estimate of drug-likeness (QED) is 0.588. The summed E-state index contributed by atoms with van der Waals surface area (Å²) >= 11 is 3.38. The van der Waals surface area contributed by atoms with E-state index in [1.165, 1.54) is 10.6 Å². The third-order valence-corrected chi connectivity index (χ3v) is 6.24. The van der Waals surface area contributed by atoms with Gasteiger partial charge in [-0.3, -0.25) is 4.79 Å². The van der Waals surface area contributed by atoms with Crippen molar-refractivity contribution in [2.75, 3.05) is 6.61 Å². The zero-order chi connectivity index (χ0) is 17.9. The molecule has 1 saturated heterocycles. The lowest BCUT2D eigenvalue weighted by atomic mass is 10.1. The van der Waals surface area contributed by atoms with Crippen LogP contribution < -0.4 is 4.80 Å². The van der Waals surface area contributed by atoms with E-state index in [0.717, 1.165) is 36.5 Å². The fourth-order valence-corrected chi connectivity index (χ4v) is 4.85. The molecule has 3 aromatic rings. The van der Waals surface area contributed by atoms with Crippen LogP contribution >= 0.6 is 22.7 Å². The molecule has 0 saturated carbocycles. The van der Waals surface area contributed by atoms with Crippen LogP contribution in [-0.2, 0) is 11.3 Å². The molecule has 0 amide bonds. The predicted octanol–water partition coefficient (Wildman–Crippen LogP) is 4.89. The Hall–Kier alpha value is -2.02. The second kappa shape index (κ2) is 7.70. The Morgan fingerprint density at radius 3 is 2.77 bits per heavy atom. The van der Waals surface area contributed by atoms with Crippen LogP contribution in [0, 0.1) is 0 Å². The summed E-state index contributed by atoms with van der Waals surface area (Å²) in [5.41, 5.74) is 2.76. The lowest BCUT2D eigenvalue weighted by molar-refractivity contribution is 0.0968. The van der Waals surface area contributed by atoms with E-state index in [-0.39, 0.29) is 11.9 Å². The fourth-order valence-electron chi connectivity index (χ4n) is 3.09. The number of benzene rings is 1. The minimum absolute atomic E-state index is 0.0705. The lowest BCUT2D eigenvalue weighted by Gasteiger charge is -2.13. The van der Waals surface area contributed by atoms with Gasteiger partial charge in [0.25, 0.3) is 0 Å². The molecule has 134 valence electrons. The molecule has 1 aromatic carbocycles. The number of Topliss-reactive ketones (excluding diaryl/α,β-unsaturated/α-hetero) is 1. The molecule has 1 fully saturated rings. The summed E-state index contributed by atoms with van der Waals surface area (Å²) in [6, 6.07) is 11.7. The van der Waals surface area contributed by atoms with E-state index in [0.29, 0.717) is 5.56 Å². The molecular weight excluding hydrogens is 364 g/mol. The van der Waals surface area contributed by atoms with E-state index in [2.05, 4.69) is 27.5 Å². The smallest absolute Gasteiger partial charge is 0.190 e. The number of ketones is 1. The van der Waals surface area contributed by atoms with Crippen molar-refractivity contribution in [1.29, 1.82) is 0 Å². The summed E-state index contributed by atoms with van der Waals surface area (Å²) in [5.74, 6) is 0.0705. The molecule has 0 aliphatic carbocycles. The molecule has 0 spiro atoms. The topological polar surface area (TPSA) is 43.6 Å². The highest BCUT2D eigenvalue weighted by molar-refractivity contribution is 7.14. The van der Waals surface area contributed by atoms with E-state index >= 15 is 0 Å². The van der Waals surface area contributed by atoms with Crippen molar-refractivity contribution < 1.29 is 9.53 Å². The summed E-state index contributed by atoms with van der Waals surface area (Å²) in [5, 5.41) is 4.27. The molecule has 6 heteroatoms. The van der Waals surface area contributed by atoms with Gasteiger partial charge >= 0.3 is 0 Å². The van der Waals surface area contributed by atoms with E-state index in [1.807, 2.05) is 24.3 Å². The van der Waals surface area contributed by atoms with E-state index in [1.54, 1.807) is 29.6 Å². The molecule has 2 aromatic heterocycles. The average Bonchev–Trinajstić information content (AvgIpc) is 3.39. The van der Waals surface area contributed by atoms with Crippen LogP contribution in [0.1, 0.15) is 30.1 Å². The number of nitrogens with zero attached hydrogens (tertiary/aromatic N) is 2. The molecule has 0 bridgehead atoms. The average molecular weight is 385 g/mol. The highest BCUT2D eigenvalue weighted by atomic mass is 32.1. The van der Waals surface area contributed by atoms with Crippen molar-refractivity contribution in [2.45, 2.75) is 32.4 Å². The van der Waals surface area contributed by atoms with Gasteiger partial charge in [-0.2, -0.15) is 0 Å². The van der Waals surface area contributed by atoms with Crippen molar-refractivity contribution in [3.8, 4) is 10.6 Å². The Labute approximate surface area is 160 Å². The molecule has 26 heavy (non-hydrogen) atoms. The van der Waals surface area contributed by atoms with Crippen molar-refractivity contribution in [1.82, 2.24) is 4.57 Å². The van der Waals surface area contributed by atoms with Crippen LogP contribution in [0.4, 0.5) is 5.69 Å². The Morgan fingerprint density at radius 1 is 1.27 bits per heavy atom. The van der Waals surface area contributed by atoms with Crippen LogP contribution in [0.5, 0.6) is 0 Å². The Bertz CT molecular complexity index is 947. The number of carbonyl (C=O) groups excluding carboxylic acids is 1. The summed E-state index contributed by atoms with van der Waals surface area (Å²) in [6.45, 7) is 3.25. The van der Waals surface area contributed by atoms with Gasteiger partial charge in [0.05, 0.1) is 28.9 Å². The van der Waals surface area contributed by atoms with Gasteiger partial charge < -0.3 is 9.30 Å². The second-order valence-electron chi connectivity index (χ2n) is 6.34. The summed E-state index contributed by atoms with van der Waals surface area (Å²) in [4.78, 5) is 18.5. The van der Waals surface area contributed by atoms with Gasteiger partial charge in [0.15, 0.2) is 10.6 Å².